The number of fused-ring (bicyclic) bond motifs is 1. The number of nitrogens with zero attached hydrogens (tertiary/aromatic N) is 2. The van der Waals surface area contributed by atoms with Gasteiger partial charge in [-0.25, -0.2) is 0 Å². The van der Waals surface area contributed by atoms with Crippen LogP contribution < -0.4 is 10.6 Å². The van der Waals surface area contributed by atoms with Gasteiger partial charge in [-0.15, -0.1) is 0 Å². The number of amides is 2. The topological polar surface area (TPSA) is 66.4 Å². The molecule has 2 amide bonds. The van der Waals surface area contributed by atoms with Gasteiger partial charge >= 0.3 is 0 Å². The third-order valence-corrected chi connectivity index (χ3v) is 5.36. The SMILES string of the molecule is CCN(CC)CCNC(=O)/C(=C/c1cn(C)c2ccccc12)NC(=O)c1ccccc1. The minimum absolute atomic E-state index is 0.227. The number of likely N-dealkylation sites (N-methyl/N-ethyl adjacent to an activating group) is 1. The van der Waals surface area contributed by atoms with Gasteiger partial charge in [0.25, 0.3) is 11.8 Å². The largest absolute Gasteiger partial charge is 0.350 e. The zero-order chi connectivity index (χ0) is 22.2. The Bertz CT molecular complexity index is 1070. The molecule has 1 heterocycles. The molecule has 0 aliphatic heterocycles. The number of hydrogen-bond donors (Lipinski definition) is 2. The van der Waals surface area contributed by atoms with Crippen LogP contribution in [0, 0.1) is 0 Å². The maximum Gasteiger partial charge on any atom is 0.267 e. The van der Waals surface area contributed by atoms with Gasteiger partial charge in [0.1, 0.15) is 5.70 Å². The summed E-state index contributed by atoms with van der Waals surface area (Å²) in [6.07, 6.45) is 3.71. The lowest BCUT2D eigenvalue weighted by Gasteiger charge is -2.18. The van der Waals surface area contributed by atoms with Gasteiger partial charge in [0, 0.05) is 48.4 Å². The van der Waals surface area contributed by atoms with Gasteiger partial charge < -0.3 is 20.1 Å². The van der Waals surface area contributed by atoms with Crippen LogP contribution in [0.4, 0.5) is 0 Å². The van der Waals surface area contributed by atoms with E-state index in [1.54, 1.807) is 30.3 Å². The molecule has 0 radical (unpaired) electrons. The Kier molecular flexibility index (Phi) is 7.62. The van der Waals surface area contributed by atoms with Gasteiger partial charge in [0.15, 0.2) is 0 Å². The van der Waals surface area contributed by atoms with E-state index in [0.717, 1.165) is 36.1 Å². The number of carbonyl (C=O) groups is 2. The zero-order valence-electron chi connectivity index (χ0n) is 18.4. The third kappa shape index (κ3) is 5.61. The van der Waals surface area contributed by atoms with E-state index < -0.39 is 0 Å². The maximum atomic E-state index is 13.0. The Hall–Kier alpha value is -3.38. The molecule has 31 heavy (non-hydrogen) atoms. The highest BCUT2D eigenvalue weighted by atomic mass is 16.2. The Balaban J connectivity index is 1.87. The molecule has 2 N–H and O–H groups in total. The van der Waals surface area contributed by atoms with Crippen LogP contribution in [0.1, 0.15) is 29.8 Å². The molecule has 0 fully saturated rings. The van der Waals surface area contributed by atoms with Crippen molar-refractivity contribution in [1.82, 2.24) is 20.1 Å². The molecule has 6 nitrogen and oxygen atoms in total. The van der Waals surface area contributed by atoms with Crippen LogP contribution in [-0.4, -0.2) is 47.5 Å². The summed E-state index contributed by atoms with van der Waals surface area (Å²) in [4.78, 5) is 28.0. The molecule has 0 saturated heterocycles. The van der Waals surface area contributed by atoms with Crippen molar-refractivity contribution in [3.8, 4) is 0 Å². The fraction of sp³-hybridized carbons (Fsp3) is 0.280. The first kappa shape index (κ1) is 22.3. The lowest BCUT2D eigenvalue weighted by Crippen LogP contribution is -2.39. The predicted octanol–water partition coefficient (Wildman–Crippen LogP) is 3.41. The van der Waals surface area contributed by atoms with Crippen LogP contribution in [0.25, 0.3) is 17.0 Å². The first-order valence-electron chi connectivity index (χ1n) is 10.7. The van der Waals surface area contributed by atoms with Crippen LogP contribution in [-0.2, 0) is 11.8 Å². The molecular weight excluding hydrogens is 388 g/mol. The van der Waals surface area contributed by atoms with E-state index in [9.17, 15) is 9.59 Å². The summed E-state index contributed by atoms with van der Waals surface area (Å²) in [5, 5.41) is 6.77. The smallest absolute Gasteiger partial charge is 0.267 e. The Morgan fingerprint density at radius 2 is 1.68 bits per heavy atom. The van der Waals surface area contributed by atoms with Gasteiger partial charge in [0.05, 0.1) is 0 Å². The average molecular weight is 419 g/mol. The highest BCUT2D eigenvalue weighted by Crippen LogP contribution is 2.22. The van der Waals surface area contributed by atoms with Crippen molar-refractivity contribution >= 4 is 28.8 Å². The number of rotatable bonds is 9. The van der Waals surface area contributed by atoms with E-state index in [1.165, 1.54) is 0 Å². The number of aromatic nitrogens is 1. The highest BCUT2D eigenvalue weighted by molar-refractivity contribution is 6.06. The number of benzene rings is 2. The molecule has 1 aromatic heterocycles. The summed E-state index contributed by atoms with van der Waals surface area (Å²) in [6, 6.07) is 16.9. The van der Waals surface area contributed by atoms with Crippen LogP contribution in [0.5, 0.6) is 0 Å². The number of carbonyl (C=O) groups excluding carboxylic acids is 2. The van der Waals surface area contributed by atoms with Crippen molar-refractivity contribution in [3.63, 3.8) is 0 Å². The minimum Gasteiger partial charge on any atom is -0.350 e. The van der Waals surface area contributed by atoms with Gasteiger partial charge in [0.2, 0.25) is 0 Å². The summed E-state index contributed by atoms with van der Waals surface area (Å²) in [5.74, 6) is -0.615. The van der Waals surface area contributed by atoms with Gasteiger partial charge in [-0.05, 0) is 37.4 Å². The third-order valence-electron chi connectivity index (χ3n) is 5.36. The summed E-state index contributed by atoms with van der Waals surface area (Å²) >= 11 is 0. The lowest BCUT2D eigenvalue weighted by atomic mass is 10.1. The maximum absolute atomic E-state index is 13.0. The quantitative estimate of drug-likeness (QED) is 0.524. The average Bonchev–Trinajstić information content (AvgIpc) is 3.12. The Morgan fingerprint density at radius 3 is 2.39 bits per heavy atom. The second-order valence-electron chi connectivity index (χ2n) is 7.37. The van der Waals surface area contributed by atoms with Crippen molar-refractivity contribution in [2.75, 3.05) is 26.2 Å². The summed E-state index contributed by atoms with van der Waals surface area (Å²) < 4.78 is 2.01. The van der Waals surface area contributed by atoms with E-state index >= 15 is 0 Å². The van der Waals surface area contributed by atoms with E-state index in [1.807, 2.05) is 48.1 Å². The van der Waals surface area contributed by atoms with Crippen LogP contribution in [0.3, 0.4) is 0 Å². The second-order valence-corrected chi connectivity index (χ2v) is 7.37. The predicted molar refractivity (Wildman–Crippen MR) is 126 cm³/mol. The lowest BCUT2D eigenvalue weighted by molar-refractivity contribution is -0.117. The molecule has 0 aliphatic carbocycles. The molecule has 0 aliphatic rings. The Morgan fingerprint density at radius 1 is 1.00 bits per heavy atom. The fourth-order valence-corrected chi connectivity index (χ4v) is 3.55. The van der Waals surface area contributed by atoms with Crippen LogP contribution in [0.2, 0.25) is 0 Å². The molecule has 0 spiro atoms. The monoisotopic (exact) mass is 418 g/mol. The standard InChI is InChI=1S/C25H30N4O2/c1-4-29(5-2)16-15-26-25(31)22(27-24(30)19-11-7-6-8-12-19)17-20-18-28(3)23-14-10-9-13-21(20)23/h6-14,17-18H,4-5,15-16H2,1-3H3,(H,26,31)(H,27,30)/b22-17-. The summed E-state index contributed by atoms with van der Waals surface area (Å²) in [6.45, 7) is 7.31. The fourth-order valence-electron chi connectivity index (χ4n) is 3.55. The Labute approximate surface area is 183 Å². The molecule has 3 rings (SSSR count). The van der Waals surface area contributed by atoms with Crippen LogP contribution >= 0.6 is 0 Å². The highest BCUT2D eigenvalue weighted by Gasteiger charge is 2.16. The molecular formula is C25H30N4O2. The molecule has 0 bridgehead atoms. The van der Waals surface area contributed by atoms with Gasteiger partial charge in [-0.2, -0.15) is 0 Å². The van der Waals surface area contributed by atoms with E-state index in [2.05, 4.69) is 29.4 Å². The summed E-state index contributed by atoms with van der Waals surface area (Å²) in [7, 11) is 1.96. The molecule has 162 valence electrons. The van der Waals surface area contributed by atoms with Crippen molar-refractivity contribution in [2.45, 2.75) is 13.8 Å². The number of para-hydroxylation sites is 1. The molecule has 6 heteroatoms. The van der Waals surface area contributed by atoms with Crippen molar-refractivity contribution < 1.29 is 9.59 Å². The number of nitrogens with one attached hydrogen (secondary N) is 2. The van der Waals surface area contributed by atoms with Crippen molar-refractivity contribution in [2.24, 2.45) is 7.05 Å². The van der Waals surface area contributed by atoms with Gasteiger partial charge in [-0.1, -0.05) is 50.2 Å². The molecule has 3 aromatic rings. The number of hydrogen-bond acceptors (Lipinski definition) is 3. The first-order valence-corrected chi connectivity index (χ1v) is 10.7. The summed E-state index contributed by atoms with van der Waals surface area (Å²) in [5.41, 5.74) is 2.66. The second kappa shape index (κ2) is 10.6. The normalized spacial score (nSPS) is 11.7. The molecule has 0 atom stereocenters. The van der Waals surface area contributed by atoms with E-state index in [-0.39, 0.29) is 17.5 Å². The molecule has 2 aromatic carbocycles. The van der Waals surface area contributed by atoms with E-state index in [4.69, 9.17) is 0 Å². The van der Waals surface area contributed by atoms with Crippen molar-refractivity contribution in [1.29, 1.82) is 0 Å². The zero-order valence-corrected chi connectivity index (χ0v) is 18.4. The van der Waals surface area contributed by atoms with E-state index in [0.29, 0.717) is 12.1 Å². The van der Waals surface area contributed by atoms with Crippen molar-refractivity contribution in [3.05, 3.63) is 77.6 Å². The molecule has 0 saturated carbocycles. The molecule has 0 unspecified atom stereocenters. The van der Waals surface area contributed by atoms with Gasteiger partial charge in [-0.3, -0.25) is 9.59 Å². The first-order chi connectivity index (χ1) is 15.0. The minimum atomic E-state index is -0.314. The number of aryl methyl sites for hydroxylation is 1. The van der Waals surface area contributed by atoms with Crippen LogP contribution in [0.15, 0.2) is 66.5 Å².